The number of nitrogens with zero attached hydrogens (tertiary/aromatic N) is 3. The number of pyridine rings is 2. The number of hydrogen-bond donors (Lipinski definition) is 1. The molecule has 0 saturated heterocycles. The van der Waals surface area contributed by atoms with Crippen molar-refractivity contribution >= 4 is 11.9 Å². The molecule has 4 nitrogen and oxygen atoms in total. The molecule has 0 aliphatic rings. The van der Waals surface area contributed by atoms with E-state index in [0.29, 0.717) is 5.82 Å². The molecule has 0 atom stereocenters. The fourth-order valence-electron chi connectivity index (χ4n) is 1.92. The second-order valence-electron chi connectivity index (χ2n) is 4.45. The van der Waals surface area contributed by atoms with Gasteiger partial charge in [0.1, 0.15) is 6.54 Å². The molecule has 0 radical (unpaired) electrons. The lowest BCUT2D eigenvalue weighted by Gasteiger charge is -2.03. The molecule has 0 unspecified atom stereocenters. The molecule has 0 aliphatic carbocycles. The van der Waals surface area contributed by atoms with Gasteiger partial charge in [0, 0.05) is 23.3 Å². The largest absolute Gasteiger partial charge is 0.226 e. The summed E-state index contributed by atoms with van der Waals surface area (Å²) < 4.78 is 2.09. The van der Waals surface area contributed by atoms with E-state index >= 15 is 0 Å². The first-order valence-corrected chi connectivity index (χ1v) is 6.83. The minimum absolute atomic E-state index is 0.458. The summed E-state index contributed by atoms with van der Waals surface area (Å²) in [6.45, 7) is 5.12. The van der Waals surface area contributed by atoms with Crippen LogP contribution in [0.4, 0.5) is 5.82 Å². The lowest BCUT2D eigenvalue weighted by molar-refractivity contribution is -0.693. The van der Waals surface area contributed by atoms with E-state index in [1.165, 1.54) is 0 Å². The molecule has 1 N–H and O–H groups in total. The van der Waals surface area contributed by atoms with E-state index in [9.17, 15) is 0 Å². The third-order valence-corrected chi connectivity index (χ3v) is 3.10. The van der Waals surface area contributed by atoms with Crippen molar-refractivity contribution in [3.8, 4) is 11.3 Å². The molecule has 0 amide bonds. The van der Waals surface area contributed by atoms with Crippen LogP contribution < -0.4 is 4.57 Å². The molecule has 2 aromatic rings. The average Bonchev–Trinajstić information content (AvgIpc) is 2.52. The second kappa shape index (κ2) is 6.70. The first kappa shape index (κ1) is 14.1. The average molecular weight is 267 g/mol. The predicted molar refractivity (Wildman–Crippen MR) is 79.7 cm³/mol. The van der Waals surface area contributed by atoms with Crippen LogP contribution in [0.25, 0.3) is 17.3 Å². The van der Waals surface area contributed by atoms with Gasteiger partial charge in [-0.2, -0.15) is 0 Å². The van der Waals surface area contributed by atoms with E-state index in [1.807, 2.05) is 48.8 Å². The first-order chi connectivity index (χ1) is 9.78. The van der Waals surface area contributed by atoms with Crippen molar-refractivity contribution in [1.29, 1.82) is 5.53 Å². The maximum absolute atomic E-state index is 7.27. The Balaban J connectivity index is 2.37. The van der Waals surface area contributed by atoms with Crippen molar-refractivity contribution in [2.45, 2.75) is 26.8 Å². The van der Waals surface area contributed by atoms with Crippen LogP contribution in [0.2, 0.25) is 0 Å². The quantitative estimate of drug-likeness (QED) is 0.642. The van der Waals surface area contributed by atoms with Gasteiger partial charge in [0.05, 0.1) is 5.69 Å². The number of allylic oxidation sites excluding steroid dienone is 1. The number of hydrogen-bond acceptors (Lipinski definition) is 3. The van der Waals surface area contributed by atoms with Crippen LogP contribution in [0.3, 0.4) is 0 Å². The van der Waals surface area contributed by atoms with Crippen molar-refractivity contribution in [3.63, 3.8) is 0 Å². The van der Waals surface area contributed by atoms with Gasteiger partial charge in [-0.25, -0.2) is 15.1 Å². The van der Waals surface area contributed by atoms with Crippen LogP contribution in [-0.4, -0.2) is 4.98 Å². The summed E-state index contributed by atoms with van der Waals surface area (Å²) in [5.41, 5.74) is 10.0. The van der Waals surface area contributed by atoms with E-state index < -0.39 is 0 Å². The van der Waals surface area contributed by atoms with Crippen LogP contribution in [0.1, 0.15) is 25.8 Å². The standard InChI is InChI=1S/C16H19N4/c1-3-5-6-14-7-8-15(18-16(14)19-17)13-9-11-20(4-2)12-10-13/h5-12,17H,3-4H2,1-2H3/q+1/b6-5-,19-17?. The zero-order chi connectivity index (χ0) is 14.4. The van der Waals surface area contributed by atoms with Gasteiger partial charge in [-0.3, -0.25) is 0 Å². The van der Waals surface area contributed by atoms with Gasteiger partial charge in [-0.15, -0.1) is 5.11 Å². The van der Waals surface area contributed by atoms with Gasteiger partial charge in [-0.1, -0.05) is 19.1 Å². The summed E-state index contributed by atoms with van der Waals surface area (Å²) >= 11 is 0. The highest BCUT2D eigenvalue weighted by atomic mass is 15.0. The Bertz CT molecular complexity index is 615. The van der Waals surface area contributed by atoms with Crippen molar-refractivity contribution < 1.29 is 4.57 Å². The van der Waals surface area contributed by atoms with Gasteiger partial charge >= 0.3 is 0 Å². The van der Waals surface area contributed by atoms with Gasteiger partial charge < -0.3 is 0 Å². The summed E-state index contributed by atoms with van der Waals surface area (Å²) in [5, 5.41) is 3.53. The Hall–Kier alpha value is -2.36. The Morgan fingerprint density at radius 2 is 1.95 bits per heavy atom. The molecule has 4 heteroatoms. The maximum atomic E-state index is 7.27. The molecule has 2 rings (SSSR count). The molecule has 2 heterocycles. The fourth-order valence-corrected chi connectivity index (χ4v) is 1.92. The molecular formula is C16H19N4+. The maximum Gasteiger partial charge on any atom is 0.181 e. The lowest BCUT2D eigenvalue weighted by atomic mass is 10.1. The zero-order valence-electron chi connectivity index (χ0n) is 11.9. The summed E-state index contributed by atoms with van der Waals surface area (Å²) in [7, 11) is 0. The molecule has 2 aromatic heterocycles. The highest BCUT2D eigenvalue weighted by molar-refractivity contribution is 5.66. The number of rotatable bonds is 5. The minimum atomic E-state index is 0.458. The van der Waals surface area contributed by atoms with Crippen molar-refractivity contribution in [2.24, 2.45) is 5.11 Å². The van der Waals surface area contributed by atoms with Crippen LogP contribution in [0, 0.1) is 5.53 Å². The van der Waals surface area contributed by atoms with E-state index in [-0.39, 0.29) is 0 Å². The van der Waals surface area contributed by atoms with Gasteiger partial charge in [0.2, 0.25) is 0 Å². The molecule has 0 aromatic carbocycles. The van der Waals surface area contributed by atoms with Crippen molar-refractivity contribution in [1.82, 2.24) is 4.98 Å². The summed E-state index contributed by atoms with van der Waals surface area (Å²) in [5.74, 6) is 0.458. The zero-order valence-corrected chi connectivity index (χ0v) is 11.9. The van der Waals surface area contributed by atoms with E-state index in [4.69, 9.17) is 5.53 Å². The summed E-state index contributed by atoms with van der Waals surface area (Å²) in [6, 6.07) is 7.99. The Morgan fingerprint density at radius 1 is 1.20 bits per heavy atom. The molecular weight excluding hydrogens is 248 g/mol. The molecule has 0 bridgehead atoms. The summed E-state index contributed by atoms with van der Waals surface area (Å²) in [4.78, 5) is 4.46. The molecule has 102 valence electrons. The summed E-state index contributed by atoms with van der Waals surface area (Å²) in [6.07, 6.45) is 9.01. The van der Waals surface area contributed by atoms with Gasteiger partial charge in [-0.05, 0) is 25.5 Å². The van der Waals surface area contributed by atoms with Crippen molar-refractivity contribution in [2.75, 3.05) is 0 Å². The lowest BCUT2D eigenvalue weighted by Crippen LogP contribution is -2.30. The van der Waals surface area contributed by atoms with Crippen molar-refractivity contribution in [3.05, 3.63) is 48.3 Å². The van der Waals surface area contributed by atoms with Gasteiger partial charge in [0.25, 0.3) is 0 Å². The second-order valence-corrected chi connectivity index (χ2v) is 4.45. The first-order valence-electron chi connectivity index (χ1n) is 6.83. The van der Waals surface area contributed by atoms with E-state index in [2.05, 4.69) is 28.5 Å². The van der Waals surface area contributed by atoms with Crippen LogP contribution in [0.5, 0.6) is 0 Å². The SMILES string of the molecule is CC/C=C\c1ccc(-c2cc[n+](CC)cc2)nc1N=N. The predicted octanol–water partition coefficient (Wildman–Crippen LogP) is 4.14. The topological polar surface area (TPSA) is 53.0 Å². The van der Waals surface area contributed by atoms with Gasteiger partial charge in [0.15, 0.2) is 18.2 Å². The third kappa shape index (κ3) is 3.15. The highest BCUT2D eigenvalue weighted by Crippen LogP contribution is 2.24. The number of aromatic nitrogens is 2. The molecule has 0 fully saturated rings. The fraction of sp³-hybridized carbons (Fsp3) is 0.250. The smallest absolute Gasteiger partial charge is 0.181 e. The van der Waals surface area contributed by atoms with Crippen LogP contribution in [-0.2, 0) is 6.54 Å². The highest BCUT2D eigenvalue weighted by Gasteiger charge is 2.06. The van der Waals surface area contributed by atoms with E-state index in [1.54, 1.807) is 0 Å². The Labute approximate surface area is 119 Å². The number of aryl methyl sites for hydroxylation is 1. The third-order valence-electron chi connectivity index (χ3n) is 3.10. The molecule has 0 aliphatic heterocycles. The van der Waals surface area contributed by atoms with Crippen LogP contribution >= 0.6 is 0 Å². The Kier molecular flexibility index (Phi) is 4.71. The molecule has 20 heavy (non-hydrogen) atoms. The molecule has 0 spiro atoms. The monoisotopic (exact) mass is 267 g/mol. The number of nitrogens with one attached hydrogen (secondary N) is 1. The normalized spacial score (nSPS) is 10.9. The van der Waals surface area contributed by atoms with E-state index in [0.717, 1.165) is 29.8 Å². The minimum Gasteiger partial charge on any atom is -0.226 e. The Morgan fingerprint density at radius 3 is 2.55 bits per heavy atom. The molecule has 0 saturated carbocycles. The van der Waals surface area contributed by atoms with Crippen LogP contribution in [0.15, 0.2) is 47.8 Å².